The highest BCUT2D eigenvalue weighted by molar-refractivity contribution is 5.69. The van der Waals surface area contributed by atoms with Gasteiger partial charge in [0.15, 0.2) is 0 Å². The van der Waals surface area contributed by atoms with Crippen molar-refractivity contribution in [3.05, 3.63) is 65.7 Å². The summed E-state index contributed by atoms with van der Waals surface area (Å²) >= 11 is 0. The number of carboxylic acid groups (broad SMARTS) is 1. The number of ether oxygens (including phenoxy) is 1. The second kappa shape index (κ2) is 10.2. The van der Waals surface area contributed by atoms with E-state index in [1.165, 1.54) is 5.56 Å². The van der Waals surface area contributed by atoms with Gasteiger partial charge in [-0.1, -0.05) is 49.4 Å². The summed E-state index contributed by atoms with van der Waals surface area (Å²) in [5.41, 5.74) is 2.42. The number of benzene rings is 2. The fourth-order valence-electron chi connectivity index (χ4n) is 3.85. The highest BCUT2D eigenvalue weighted by Gasteiger charge is 2.25. The van der Waals surface area contributed by atoms with E-state index >= 15 is 0 Å². The van der Waals surface area contributed by atoms with Crippen molar-refractivity contribution in [1.82, 2.24) is 9.80 Å². The van der Waals surface area contributed by atoms with Crippen LogP contribution in [-0.4, -0.2) is 53.1 Å². The largest absolute Gasteiger partial charge is 0.489 e. The molecule has 5 nitrogen and oxygen atoms in total. The van der Waals surface area contributed by atoms with Crippen molar-refractivity contribution < 1.29 is 14.6 Å². The third kappa shape index (κ3) is 6.08. The van der Waals surface area contributed by atoms with E-state index in [0.29, 0.717) is 12.6 Å². The van der Waals surface area contributed by atoms with Gasteiger partial charge in [0.2, 0.25) is 0 Å². The van der Waals surface area contributed by atoms with E-state index in [9.17, 15) is 4.79 Å². The van der Waals surface area contributed by atoms with Crippen LogP contribution in [0.2, 0.25) is 0 Å². The molecule has 0 amide bonds. The Kier molecular flexibility index (Phi) is 7.46. The van der Waals surface area contributed by atoms with Gasteiger partial charge in [0.1, 0.15) is 12.4 Å². The van der Waals surface area contributed by atoms with Crippen molar-refractivity contribution in [3.8, 4) is 5.75 Å². The molecule has 0 atom stereocenters. The fraction of sp³-hybridized carbons (Fsp3) is 0.435. The molecule has 0 radical (unpaired) electrons. The lowest BCUT2D eigenvalue weighted by Crippen LogP contribution is -2.46. The van der Waals surface area contributed by atoms with Gasteiger partial charge in [0.25, 0.3) is 0 Å². The first-order valence-corrected chi connectivity index (χ1v) is 10.1. The maximum Gasteiger partial charge on any atom is 0.317 e. The van der Waals surface area contributed by atoms with Gasteiger partial charge in [-0.15, -0.1) is 0 Å². The van der Waals surface area contributed by atoms with Crippen LogP contribution in [0.15, 0.2) is 54.6 Å². The maximum absolute atomic E-state index is 11.0. The summed E-state index contributed by atoms with van der Waals surface area (Å²) in [5.74, 6) is 0.159. The molecule has 1 aliphatic heterocycles. The number of aliphatic carboxylic acids is 1. The molecule has 1 heterocycles. The Morgan fingerprint density at radius 2 is 1.82 bits per heavy atom. The van der Waals surface area contributed by atoms with Crippen molar-refractivity contribution >= 4 is 5.97 Å². The molecule has 0 aliphatic carbocycles. The number of likely N-dealkylation sites (tertiary alicyclic amines) is 1. The first-order valence-electron chi connectivity index (χ1n) is 10.1. The lowest BCUT2D eigenvalue weighted by Gasteiger charge is -2.37. The van der Waals surface area contributed by atoms with E-state index in [-0.39, 0.29) is 6.54 Å². The third-order valence-electron chi connectivity index (χ3n) is 5.37. The van der Waals surface area contributed by atoms with E-state index in [1.807, 2.05) is 37.3 Å². The number of carboxylic acids is 1. The van der Waals surface area contributed by atoms with Crippen LogP contribution in [0.5, 0.6) is 5.75 Å². The molecule has 0 bridgehead atoms. The molecular formula is C23H30N2O3. The highest BCUT2D eigenvalue weighted by Crippen LogP contribution is 2.21. The van der Waals surface area contributed by atoms with E-state index in [2.05, 4.69) is 34.1 Å². The SMILES string of the molecule is CCN(CC(=O)O)C1CCN(Cc2cccc(OCc3ccccc3)c2)CC1. The normalized spacial score (nSPS) is 15.6. The summed E-state index contributed by atoms with van der Waals surface area (Å²) < 4.78 is 5.94. The van der Waals surface area contributed by atoms with Crippen LogP contribution in [0.25, 0.3) is 0 Å². The first-order chi connectivity index (χ1) is 13.6. The third-order valence-corrected chi connectivity index (χ3v) is 5.37. The summed E-state index contributed by atoms with van der Waals surface area (Å²) in [4.78, 5) is 15.6. The van der Waals surface area contributed by atoms with Crippen LogP contribution in [0, 0.1) is 0 Å². The van der Waals surface area contributed by atoms with Gasteiger partial charge in [-0.3, -0.25) is 14.6 Å². The minimum atomic E-state index is -0.739. The zero-order valence-electron chi connectivity index (χ0n) is 16.6. The molecule has 1 aliphatic rings. The van der Waals surface area contributed by atoms with Crippen molar-refractivity contribution in [2.24, 2.45) is 0 Å². The Labute approximate surface area is 167 Å². The van der Waals surface area contributed by atoms with Gasteiger partial charge in [-0.2, -0.15) is 0 Å². The fourth-order valence-corrected chi connectivity index (χ4v) is 3.85. The van der Waals surface area contributed by atoms with Gasteiger partial charge in [0.05, 0.1) is 6.54 Å². The molecule has 3 rings (SSSR count). The lowest BCUT2D eigenvalue weighted by molar-refractivity contribution is -0.139. The van der Waals surface area contributed by atoms with Gasteiger partial charge in [-0.05, 0) is 55.7 Å². The highest BCUT2D eigenvalue weighted by atomic mass is 16.5. The topological polar surface area (TPSA) is 53.0 Å². The molecule has 2 aromatic rings. The van der Waals surface area contributed by atoms with Crippen molar-refractivity contribution in [2.75, 3.05) is 26.2 Å². The number of piperidine rings is 1. The van der Waals surface area contributed by atoms with Crippen molar-refractivity contribution in [1.29, 1.82) is 0 Å². The van der Waals surface area contributed by atoms with E-state index in [4.69, 9.17) is 9.84 Å². The molecule has 1 fully saturated rings. The molecule has 28 heavy (non-hydrogen) atoms. The smallest absolute Gasteiger partial charge is 0.317 e. The molecule has 0 spiro atoms. The Bertz CT molecular complexity index is 743. The molecule has 0 aromatic heterocycles. The minimum absolute atomic E-state index is 0.141. The van der Waals surface area contributed by atoms with Gasteiger partial charge in [0, 0.05) is 12.6 Å². The summed E-state index contributed by atoms with van der Waals surface area (Å²) in [7, 11) is 0. The number of nitrogens with zero attached hydrogens (tertiary/aromatic N) is 2. The molecular weight excluding hydrogens is 352 g/mol. The van der Waals surface area contributed by atoms with Crippen LogP contribution < -0.4 is 4.74 Å². The Morgan fingerprint density at radius 1 is 1.11 bits per heavy atom. The van der Waals surface area contributed by atoms with Gasteiger partial charge >= 0.3 is 5.97 Å². The molecule has 150 valence electrons. The number of carbonyl (C=O) groups is 1. The molecule has 1 N–H and O–H groups in total. The van der Waals surface area contributed by atoms with Crippen LogP contribution >= 0.6 is 0 Å². The molecule has 5 heteroatoms. The molecule has 1 saturated heterocycles. The van der Waals surface area contributed by atoms with E-state index in [0.717, 1.165) is 50.3 Å². The van der Waals surface area contributed by atoms with Crippen LogP contribution in [-0.2, 0) is 17.9 Å². The Morgan fingerprint density at radius 3 is 2.50 bits per heavy atom. The molecule has 0 unspecified atom stereocenters. The minimum Gasteiger partial charge on any atom is -0.489 e. The second-order valence-electron chi connectivity index (χ2n) is 7.39. The lowest BCUT2D eigenvalue weighted by atomic mass is 10.0. The predicted molar refractivity (Wildman–Crippen MR) is 110 cm³/mol. The zero-order chi connectivity index (χ0) is 19.8. The maximum atomic E-state index is 11.0. The van der Waals surface area contributed by atoms with Gasteiger partial charge < -0.3 is 9.84 Å². The predicted octanol–water partition coefficient (Wildman–Crippen LogP) is 3.64. The van der Waals surface area contributed by atoms with E-state index < -0.39 is 5.97 Å². The van der Waals surface area contributed by atoms with Crippen molar-refractivity contribution in [2.45, 2.75) is 39.0 Å². The van der Waals surface area contributed by atoms with Crippen LogP contribution in [0.1, 0.15) is 30.9 Å². The first kappa shape index (κ1) is 20.4. The Hall–Kier alpha value is -2.37. The number of hydrogen-bond acceptors (Lipinski definition) is 4. The summed E-state index contributed by atoms with van der Waals surface area (Å²) in [5, 5.41) is 9.07. The number of hydrogen-bond donors (Lipinski definition) is 1. The quantitative estimate of drug-likeness (QED) is 0.718. The van der Waals surface area contributed by atoms with Crippen LogP contribution in [0.4, 0.5) is 0 Å². The zero-order valence-corrected chi connectivity index (χ0v) is 16.6. The standard InChI is InChI=1S/C23H30N2O3/c1-2-25(17-23(26)27)21-11-13-24(14-12-21)16-20-9-6-10-22(15-20)28-18-19-7-4-3-5-8-19/h3-10,15,21H,2,11-14,16-18H2,1H3,(H,26,27). The Balaban J connectivity index is 1.49. The average Bonchev–Trinajstić information content (AvgIpc) is 2.72. The summed E-state index contributed by atoms with van der Waals surface area (Å²) in [6, 6.07) is 18.9. The number of rotatable bonds is 9. The second-order valence-corrected chi connectivity index (χ2v) is 7.39. The van der Waals surface area contributed by atoms with Gasteiger partial charge in [-0.25, -0.2) is 0 Å². The summed E-state index contributed by atoms with van der Waals surface area (Å²) in [6.45, 7) is 6.44. The average molecular weight is 383 g/mol. The molecule has 0 saturated carbocycles. The van der Waals surface area contributed by atoms with Crippen molar-refractivity contribution in [3.63, 3.8) is 0 Å². The van der Waals surface area contributed by atoms with E-state index in [1.54, 1.807) is 0 Å². The number of likely N-dealkylation sites (N-methyl/N-ethyl adjacent to an activating group) is 1. The monoisotopic (exact) mass is 382 g/mol. The van der Waals surface area contributed by atoms with Crippen LogP contribution in [0.3, 0.4) is 0 Å². The molecule has 2 aromatic carbocycles. The summed E-state index contributed by atoms with van der Waals surface area (Å²) in [6.07, 6.45) is 2.04.